The Hall–Kier alpha value is -1.20. The number of nitrogens with zero attached hydrogens (tertiary/aromatic N) is 1. The van der Waals surface area contributed by atoms with Crippen molar-refractivity contribution in [3.63, 3.8) is 0 Å². The Morgan fingerprint density at radius 3 is 2.84 bits per heavy atom. The van der Waals surface area contributed by atoms with Crippen molar-refractivity contribution in [2.75, 3.05) is 19.0 Å². The quantitative estimate of drug-likeness (QED) is 0.783. The number of ether oxygens (including phenoxy) is 1. The molecule has 0 N–H and O–H groups in total. The molecule has 1 aliphatic heterocycles. The first kappa shape index (κ1) is 14.2. The van der Waals surface area contributed by atoms with E-state index >= 15 is 0 Å². The van der Waals surface area contributed by atoms with E-state index in [-0.39, 0.29) is 29.5 Å². The molecular weight excluding hydrogens is 276 g/mol. The second kappa shape index (κ2) is 5.84. The van der Waals surface area contributed by atoms with Crippen molar-refractivity contribution >= 4 is 17.5 Å². The van der Waals surface area contributed by atoms with E-state index in [0.717, 1.165) is 12.1 Å². The number of hydrogen-bond donors (Lipinski definition) is 0. The van der Waals surface area contributed by atoms with E-state index in [0.29, 0.717) is 13.2 Å². The van der Waals surface area contributed by atoms with Crippen LogP contribution in [0, 0.1) is 11.6 Å². The summed E-state index contributed by atoms with van der Waals surface area (Å²) in [7, 11) is 0. The summed E-state index contributed by atoms with van der Waals surface area (Å²) in [4.78, 5) is 13.8. The summed E-state index contributed by atoms with van der Waals surface area (Å²) in [5.41, 5.74) is 0.126. The van der Waals surface area contributed by atoms with Crippen LogP contribution in [-0.2, 0) is 4.74 Å². The molecule has 2 rings (SSSR count). The fourth-order valence-electron chi connectivity index (χ4n) is 1.99. The maximum Gasteiger partial charge on any atom is 0.254 e. The minimum atomic E-state index is -1.03. The van der Waals surface area contributed by atoms with Gasteiger partial charge in [-0.2, -0.15) is 0 Å². The largest absolute Gasteiger partial charge is 0.373 e. The fraction of sp³-hybridized carbons (Fsp3) is 0.462. The van der Waals surface area contributed by atoms with Gasteiger partial charge in [0.2, 0.25) is 0 Å². The molecule has 0 spiro atoms. The molecule has 1 amide bonds. The van der Waals surface area contributed by atoms with E-state index in [1.54, 1.807) is 4.90 Å². The molecule has 2 unspecified atom stereocenters. The SMILES string of the molecule is CC1COC(CCl)CN1C(=O)c1ccc(F)c(F)c1. The van der Waals surface area contributed by atoms with Crippen molar-refractivity contribution in [2.45, 2.75) is 19.1 Å². The van der Waals surface area contributed by atoms with Crippen LogP contribution in [0.15, 0.2) is 18.2 Å². The Morgan fingerprint density at radius 2 is 2.21 bits per heavy atom. The van der Waals surface area contributed by atoms with Gasteiger partial charge in [-0.3, -0.25) is 4.79 Å². The van der Waals surface area contributed by atoms with Crippen LogP contribution in [0.3, 0.4) is 0 Å². The lowest BCUT2D eigenvalue weighted by Gasteiger charge is -2.37. The summed E-state index contributed by atoms with van der Waals surface area (Å²) < 4.78 is 31.5. The van der Waals surface area contributed by atoms with Crippen molar-refractivity contribution in [1.29, 1.82) is 0 Å². The average Bonchev–Trinajstić information content (AvgIpc) is 2.41. The van der Waals surface area contributed by atoms with E-state index in [9.17, 15) is 13.6 Å². The Morgan fingerprint density at radius 1 is 1.47 bits per heavy atom. The van der Waals surface area contributed by atoms with Crippen molar-refractivity contribution in [1.82, 2.24) is 4.90 Å². The zero-order valence-electron chi connectivity index (χ0n) is 10.4. The van der Waals surface area contributed by atoms with Crippen LogP contribution >= 0.6 is 11.6 Å². The molecule has 0 radical (unpaired) electrons. The third-order valence-corrected chi connectivity index (χ3v) is 3.45. The molecule has 1 aromatic carbocycles. The molecule has 3 nitrogen and oxygen atoms in total. The molecule has 1 fully saturated rings. The normalized spacial score (nSPS) is 23.5. The zero-order chi connectivity index (χ0) is 14.0. The number of alkyl halides is 1. The van der Waals surface area contributed by atoms with Gasteiger partial charge in [-0.1, -0.05) is 0 Å². The molecule has 1 aliphatic rings. The molecule has 0 aromatic heterocycles. The molecule has 0 aliphatic carbocycles. The van der Waals surface area contributed by atoms with Crippen LogP contribution < -0.4 is 0 Å². The molecule has 1 aromatic rings. The summed E-state index contributed by atoms with van der Waals surface area (Å²) in [5.74, 6) is -2.05. The smallest absolute Gasteiger partial charge is 0.254 e. The van der Waals surface area contributed by atoms with Gasteiger partial charge in [-0.15, -0.1) is 11.6 Å². The second-order valence-corrected chi connectivity index (χ2v) is 4.85. The molecule has 0 saturated carbocycles. The molecule has 6 heteroatoms. The Kier molecular flexibility index (Phi) is 4.37. The maximum absolute atomic E-state index is 13.2. The summed E-state index contributed by atoms with van der Waals surface area (Å²) in [6, 6.07) is 3.01. The van der Waals surface area contributed by atoms with Crippen LogP contribution in [-0.4, -0.2) is 42.0 Å². The number of carbonyl (C=O) groups is 1. The van der Waals surface area contributed by atoms with Crippen molar-refractivity contribution in [2.24, 2.45) is 0 Å². The lowest BCUT2D eigenvalue weighted by molar-refractivity contribution is -0.0371. The Balaban J connectivity index is 2.19. The van der Waals surface area contributed by atoms with Crippen LogP contribution in [0.5, 0.6) is 0 Å². The summed E-state index contributed by atoms with van der Waals surface area (Å²) >= 11 is 5.72. The minimum Gasteiger partial charge on any atom is -0.373 e. The predicted molar refractivity (Wildman–Crippen MR) is 67.3 cm³/mol. The monoisotopic (exact) mass is 289 g/mol. The molecule has 1 heterocycles. The maximum atomic E-state index is 13.2. The predicted octanol–water partition coefficient (Wildman–Crippen LogP) is 2.43. The third kappa shape index (κ3) is 3.04. The van der Waals surface area contributed by atoms with Gasteiger partial charge < -0.3 is 9.64 Å². The van der Waals surface area contributed by atoms with E-state index in [1.165, 1.54) is 6.07 Å². The van der Waals surface area contributed by atoms with Crippen LogP contribution in [0.2, 0.25) is 0 Å². The molecule has 0 bridgehead atoms. The van der Waals surface area contributed by atoms with Gasteiger partial charge in [0.15, 0.2) is 11.6 Å². The topological polar surface area (TPSA) is 29.5 Å². The summed E-state index contributed by atoms with van der Waals surface area (Å²) in [6.07, 6.45) is -0.230. The Labute approximate surface area is 115 Å². The number of benzene rings is 1. The minimum absolute atomic E-state index is 0.125. The van der Waals surface area contributed by atoms with E-state index in [2.05, 4.69) is 0 Å². The third-order valence-electron chi connectivity index (χ3n) is 3.11. The van der Waals surface area contributed by atoms with E-state index in [4.69, 9.17) is 16.3 Å². The molecule has 104 valence electrons. The van der Waals surface area contributed by atoms with Crippen molar-refractivity contribution in [3.05, 3.63) is 35.4 Å². The molecular formula is C13H14ClF2NO2. The van der Waals surface area contributed by atoms with Crippen molar-refractivity contribution in [3.8, 4) is 0 Å². The average molecular weight is 290 g/mol. The highest BCUT2D eigenvalue weighted by atomic mass is 35.5. The number of hydrogen-bond acceptors (Lipinski definition) is 2. The van der Waals surface area contributed by atoms with Gasteiger partial charge in [0.05, 0.1) is 24.6 Å². The number of rotatable bonds is 2. The van der Waals surface area contributed by atoms with E-state index < -0.39 is 11.6 Å². The summed E-state index contributed by atoms with van der Waals surface area (Å²) in [6.45, 7) is 2.57. The van der Waals surface area contributed by atoms with Crippen LogP contribution in [0.4, 0.5) is 8.78 Å². The highest BCUT2D eigenvalue weighted by molar-refractivity contribution is 6.18. The van der Waals surface area contributed by atoms with Gasteiger partial charge in [-0.05, 0) is 25.1 Å². The number of morpholine rings is 1. The van der Waals surface area contributed by atoms with E-state index in [1.807, 2.05) is 6.92 Å². The van der Waals surface area contributed by atoms with Gasteiger partial charge in [0, 0.05) is 12.1 Å². The molecule has 2 atom stereocenters. The van der Waals surface area contributed by atoms with Gasteiger partial charge in [0.1, 0.15) is 0 Å². The van der Waals surface area contributed by atoms with Gasteiger partial charge >= 0.3 is 0 Å². The fourth-order valence-corrected chi connectivity index (χ4v) is 2.18. The number of carbonyl (C=O) groups excluding carboxylic acids is 1. The highest BCUT2D eigenvalue weighted by Gasteiger charge is 2.30. The van der Waals surface area contributed by atoms with Gasteiger partial charge in [0.25, 0.3) is 5.91 Å². The first-order valence-corrected chi connectivity index (χ1v) is 6.50. The van der Waals surface area contributed by atoms with Gasteiger partial charge in [-0.25, -0.2) is 8.78 Å². The first-order chi connectivity index (χ1) is 9.02. The van der Waals surface area contributed by atoms with Crippen molar-refractivity contribution < 1.29 is 18.3 Å². The van der Waals surface area contributed by atoms with Crippen LogP contribution in [0.1, 0.15) is 17.3 Å². The standard InChI is InChI=1S/C13H14ClF2NO2/c1-8-7-19-10(5-14)6-17(8)13(18)9-2-3-11(15)12(16)4-9/h2-4,8,10H,5-7H2,1H3. The Bertz CT molecular complexity index is 484. The zero-order valence-corrected chi connectivity index (χ0v) is 11.2. The summed E-state index contributed by atoms with van der Waals surface area (Å²) in [5, 5.41) is 0. The second-order valence-electron chi connectivity index (χ2n) is 4.55. The highest BCUT2D eigenvalue weighted by Crippen LogP contribution is 2.17. The molecule has 1 saturated heterocycles. The number of amides is 1. The number of halogens is 3. The molecule has 19 heavy (non-hydrogen) atoms. The lowest BCUT2D eigenvalue weighted by Crippen LogP contribution is -2.51. The lowest BCUT2D eigenvalue weighted by atomic mass is 10.1. The van der Waals surface area contributed by atoms with Crippen LogP contribution in [0.25, 0.3) is 0 Å². The first-order valence-electron chi connectivity index (χ1n) is 5.96.